The van der Waals surface area contributed by atoms with Gasteiger partial charge in [-0.1, -0.05) is 237 Å². The Hall–Kier alpha value is -9.70. The second kappa shape index (κ2) is 17.6. The number of furan rings is 1. The molecule has 2 heterocycles. The van der Waals surface area contributed by atoms with E-state index in [-0.39, 0.29) is 0 Å². The molecule has 0 unspecified atom stereocenters. The number of fused-ring (bicyclic) bond motifs is 9. The molecule has 0 atom stereocenters. The Labute approximate surface area is 423 Å². The Morgan fingerprint density at radius 2 is 0.548 bits per heavy atom. The lowest BCUT2D eigenvalue weighted by molar-refractivity contribution is 0.671. The van der Waals surface area contributed by atoms with Crippen LogP contribution in [-0.4, -0.2) is 9.97 Å². The van der Waals surface area contributed by atoms with Gasteiger partial charge in [-0.05, 0) is 102 Å². The zero-order chi connectivity index (χ0) is 48.2. The van der Waals surface area contributed by atoms with Gasteiger partial charge < -0.3 is 4.42 Å². The van der Waals surface area contributed by atoms with Gasteiger partial charge in [-0.15, -0.1) is 0 Å². The summed E-state index contributed by atoms with van der Waals surface area (Å²) in [6.45, 7) is 0. The predicted molar refractivity (Wildman–Crippen MR) is 305 cm³/mol. The van der Waals surface area contributed by atoms with Gasteiger partial charge in [-0.3, -0.25) is 4.98 Å². The predicted octanol–water partition coefficient (Wildman–Crippen LogP) is 19.2. The first-order chi connectivity index (χ1) is 36.2. The highest BCUT2D eigenvalue weighted by Crippen LogP contribution is 2.45. The van der Waals surface area contributed by atoms with Gasteiger partial charge in [-0.25, -0.2) is 4.98 Å². The van der Waals surface area contributed by atoms with Crippen LogP contribution in [0.15, 0.2) is 271 Å². The molecule has 12 aromatic carbocycles. The topological polar surface area (TPSA) is 38.9 Å². The standard InChI is InChI=1S/C70H44N2O/c1-4-14-45(15-5-1)48-24-28-51(29-25-48)56-40-62(53-34-32-50(33-35-53)47-18-8-3-9-19-47)69-64(42-56)65-43-57(52-30-26-49(27-31-52)46-16-6-2-7-17-46)41-63(70(65)73-69)54-36-38-55(39-37-54)66-44-71-67-60-22-12-10-20-58(60)59-21-11-13-23-61(59)68(67)72-66/h1-44H. The lowest BCUT2D eigenvalue weighted by atomic mass is 9.92. The average molecular weight is 929 g/mol. The van der Waals surface area contributed by atoms with Crippen LogP contribution in [0.3, 0.4) is 0 Å². The highest BCUT2D eigenvalue weighted by Gasteiger charge is 2.21. The summed E-state index contributed by atoms with van der Waals surface area (Å²) in [5.74, 6) is 0. The fourth-order valence-corrected chi connectivity index (χ4v) is 10.8. The van der Waals surface area contributed by atoms with Crippen LogP contribution < -0.4 is 0 Å². The summed E-state index contributed by atoms with van der Waals surface area (Å²) in [7, 11) is 0. The van der Waals surface area contributed by atoms with Gasteiger partial charge in [0.2, 0.25) is 0 Å². The number of rotatable bonds is 8. The van der Waals surface area contributed by atoms with Gasteiger partial charge >= 0.3 is 0 Å². The monoisotopic (exact) mass is 928 g/mol. The van der Waals surface area contributed by atoms with E-state index in [2.05, 4.69) is 261 Å². The smallest absolute Gasteiger partial charge is 0.143 e. The molecule has 0 aliphatic heterocycles. The fourth-order valence-electron chi connectivity index (χ4n) is 10.8. The first-order valence-electron chi connectivity index (χ1n) is 24.9. The molecule has 0 aliphatic rings. The van der Waals surface area contributed by atoms with E-state index >= 15 is 0 Å². The van der Waals surface area contributed by atoms with E-state index in [1.807, 2.05) is 6.20 Å². The quantitative estimate of drug-likeness (QED) is 0.143. The first-order valence-corrected chi connectivity index (χ1v) is 24.9. The van der Waals surface area contributed by atoms with Crippen LogP contribution in [0.25, 0.3) is 144 Å². The van der Waals surface area contributed by atoms with Crippen LogP contribution in [0.2, 0.25) is 0 Å². The Kier molecular flexibility index (Phi) is 10.2. The molecule has 14 rings (SSSR count). The van der Waals surface area contributed by atoms with Crippen LogP contribution in [0.4, 0.5) is 0 Å². The third-order valence-electron chi connectivity index (χ3n) is 14.5. The molecule has 0 saturated carbocycles. The lowest BCUT2D eigenvalue weighted by Gasteiger charge is -2.11. The lowest BCUT2D eigenvalue weighted by Crippen LogP contribution is -1.92. The van der Waals surface area contributed by atoms with Gasteiger partial charge in [-0.2, -0.15) is 0 Å². The van der Waals surface area contributed by atoms with Crippen molar-refractivity contribution in [3.63, 3.8) is 0 Å². The third-order valence-corrected chi connectivity index (χ3v) is 14.5. The fraction of sp³-hybridized carbons (Fsp3) is 0. The molecule has 0 bridgehead atoms. The Morgan fingerprint density at radius 1 is 0.233 bits per heavy atom. The number of hydrogen-bond acceptors (Lipinski definition) is 3. The van der Waals surface area contributed by atoms with Crippen molar-refractivity contribution in [1.82, 2.24) is 9.97 Å². The summed E-state index contributed by atoms with van der Waals surface area (Å²) in [6.07, 6.45) is 1.91. The summed E-state index contributed by atoms with van der Waals surface area (Å²) < 4.78 is 7.29. The van der Waals surface area contributed by atoms with Crippen molar-refractivity contribution in [1.29, 1.82) is 0 Å². The Morgan fingerprint density at radius 3 is 0.959 bits per heavy atom. The van der Waals surface area contributed by atoms with E-state index in [0.717, 1.165) is 99.5 Å². The summed E-state index contributed by atoms with van der Waals surface area (Å²) in [5.41, 5.74) is 21.1. The first kappa shape index (κ1) is 42.2. The average Bonchev–Trinajstić information content (AvgIpc) is 3.86. The van der Waals surface area contributed by atoms with Crippen molar-refractivity contribution in [3.05, 3.63) is 267 Å². The highest BCUT2D eigenvalue weighted by molar-refractivity contribution is 6.23. The van der Waals surface area contributed by atoms with Crippen LogP contribution in [0, 0.1) is 0 Å². The van der Waals surface area contributed by atoms with Crippen LogP contribution in [-0.2, 0) is 0 Å². The largest absolute Gasteiger partial charge is 0.455 e. The zero-order valence-electron chi connectivity index (χ0n) is 39.7. The molecule has 340 valence electrons. The maximum Gasteiger partial charge on any atom is 0.143 e. The Bertz CT molecular complexity index is 4320. The molecule has 0 spiro atoms. The van der Waals surface area contributed by atoms with Gasteiger partial charge in [0.05, 0.1) is 22.9 Å². The number of benzene rings is 12. The molecule has 3 nitrogen and oxygen atoms in total. The SMILES string of the molecule is c1ccc(-c2ccc(-c3cc(-c4ccc(-c5ccccc5)cc4)c4oc5c(-c6ccc(-c7cnc8c9ccccc9c9ccccc9c8n7)cc6)cc(-c6ccc(-c7ccccc7)cc6)cc5c4c3)cc2)cc1. The van der Waals surface area contributed by atoms with E-state index in [0.29, 0.717) is 0 Å². The van der Waals surface area contributed by atoms with Gasteiger partial charge in [0.15, 0.2) is 0 Å². The Balaban J connectivity index is 0.949. The van der Waals surface area contributed by atoms with E-state index in [4.69, 9.17) is 14.4 Å². The third kappa shape index (κ3) is 7.54. The molecule has 0 fully saturated rings. The molecule has 0 amide bonds. The number of nitrogens with zero attached hydrogens (tertiary/aromatic N) is 2. The van der Waals surface area contributed by atoms with E-state index in [1.165, 1.54) is 44.2 Å². The van der Waals surface area contributed by atoms with E-state index in [9.17, 15) is 0 Å². The van der Waals surface area contributed by atoms with Crippen molar-refractivity contribution in [3.8, 4) is 89.1 Å². The van der Waals surface area contributed by atoms with Crippen molar-refractivity contribution < 1.29 is 4.42 Å². The molecule has 73 heavy (non-hydrogen) atoms. The molecule has 14 aromatic rings. The van der Waals surface area contributed by atoms with Crippen LogP contribution >= 0.6 is 0 Å². The molecule has 0 N–H and O–H groups in total. The molecular formula is C70H44N2O. The van der Waals surface area contributed by atoms with E-state index < -0.39 is 0 Å². The van der Waals surface area contributed by atoms with Crippen LogP contribution in [0.5, 0.6) is 0 Å². The molecule has 0 aliphatic carbocycles. The van der Waals surface area contributed by atoms with Crippen molar-refractivity contribution in [2.24, 2.45) is 0 Å². The molecule has 0 saturated heterocycles. The second-order valence-corrected chi connectivity index (χ2v) is 18.9. The summed E-state index contributed by atoms with van der Waals surface area (Å²) in [6, 6.07) is 93.4. The minimum absolute atomic E-state index is 0.827. The van der Waals surface area contributed by atoms with Crippen LogP contribution in [0.1, 0.15) is 0 Å². The van der Waals surface area contributed by atoms with Gasteiger partial charge in [0.1, 0.15) is 11.2 Å². The zero-order valence-corrected chi connectivity index (χ0v) is 39.7. The minimum Gasteiger partial charge on any atom is -0.455 e. The highest BCUT2D eigenvalue weighted by atomic mass is 16.3. The summed E-state index contributed by atoms with van der Waals surface area (Å²) in [5, 5.41) is 6.69. The second-order valence-electron chi connectivity index (χ2n) is 18.9. The van der Waals surface area contributed by atoms with Crippen molar-refractivity contribution in [2.45, 2.75) is 0 Å². The molecule has 3 heteroatoms. The minimum atomic E-state index is 0.827. The maximum atomic E-state index is 7.29. The molecule has 2 aromatic heterocycles. The van der Waals surface area contributed by atoms with E-state index in [1.54, 1.807) is 0 Å². The van der Waals surface area contributed by atoms with Gasteiger partial charge in [0.25, 0.3) is 0 Å². The molecule has 0 radical (unpaired) electrons. The number of aromatic nitrogens is 2. The number of hydrogen-bond donors (Lipinski definition) is 0. The van der Waals surface area contributed by atoms with Crippen molar-refractivity contribution >= 4 is 54.5 Å². The maximum absolute atomic E-state index is 7.29. The summed E-state index contributed by atoms with van der Waals surface area (Å²) in [4.78, 5) is 10.4. The normalized spacial score (nSPS) is 11.6. The summed E-state index contributed by atoms with van der Waals surface area (Å²) >= 11 is 0. The molecular weight excluding hydrogens is 885 g/mol. The van der Waals surface area contributed by atoms with Gasteiger partial charge in [0, 0.05) is 38.2 Å². The van der Waals surface area contributed by atoms with Crippen molar-refractivity contribution in [2.75, 3.05) is 0 Å².